The largest absolute Gasteiger partial charge is 0.508 e. The number of hydrogen-bond acceptors (Lipinski definition) is 3. The second kappa shape index (κ2) is 7.18. The van der Waals surface area contributed by atoms with E-state index in [1.165, 1.54) is 44.1 Å². The Morgan fingerprint density at radius 3 is 1.93 bits per heavy atom. The molecule has 0 spiro atoms. The highest BCUT2D eigenvalue weighted by Crippen LogP contribution is 2.62. The van der Waals surface area contributed by atoms with E-state index >= 15 is 0 Å². The second-order valence-corrected chi connectivity index (χ2v) is 11.5. The van der Waals surface area contributed by atoms with E-state index in [-0.39, 0.29) is 23.9 Å². The molecule has 3 unspecified atom stereocenters. The summed E-state index contributed by atoms with van der Waals surface area (Å²) in [5.41, 5.74) is 2.11. The lowest BCUT2D eigenvalue weighted by Gasteiger charge is -2.57. The molecule has 29 heavy (non-hydrogen) atoms. The molecule has 0 heterocycles. The molecule has 160 valence electrons. The number of phenolic OH excluding ortho intramolecular Hbond substituents is 2. The van der Waals surface area contributed by atoms with E-state index in [1.807, 2.05) is 12.1 Å². The van der Waals surface area contributed by atoms with Gasteiger partial charge in [0, 0.05) is 12.2 Å². The molecule has 5 saturated carbocycles. The summed E-state index contributed by atoms with van der Waals surface area (Å²) < 4.78 is 0. The summed E-state index contributed by atoms with van der Waals surface area (Å²) in [6, 6.07) is 4.03. The van der Waals surface area contributed by atoms with E-state index < -0.39 is 0 Å². The number of rotatable bonds is 4. The summed E-state index contributed by atoms with van der Waals surface area (Å²) in [6.45, 7) is 4.69. The third-order valence-electron chi connectivity index (χ3n) is 9.28. The van der Waals surface area contributed by atoms with Crippen LogP contribution in [0.3, 0.4) is 0 Å². The first-order valence-electron chi connectivity index (χ1n) is 12.1. The topological polar surface area (TPSA) is 60.7 Å². The van der Waals surface area contributed by atoms with E-state index in [1.54, 1.807) is 0 Å². The lowest BCUT2D eigenvalue weighted by atomic mass is 9.48. The standard InChI is InChI=1S/C26H38O3/c1-15(2)21-4-3-16(14-27)8-22(21)25-23(28)9-20(10-24(25)29)26-11-17-5-18(12-26)7-19(6-17)13-26/h9-10,15-19,21-22,27-29H,3-8,11-14H2,1-2H3. The van der Waals surface area contributed by atoms with Crippen molar-refractivity contribution in [2.24, 2.45) is 35.5 Å². The molecule has 1 aromatic rings. The predicted molar refractivity (Wildman–Crippen MR) is 115 cm³/mol. The molecule has 3 heteroatoms. The maximum Gasteiger partial charge on any atom is 0.123 e. The van der Waals surface area contributed by atoms with Gasteiger partial charge in [0.15, 0.2) is 0 Å². The average molecular weight is 399 g/mol. The Hall–Kier alpha value is -1.22. The van der Waals surface area contributed by atoms with Crippen LogP contribution in [-0.4, -0.2) is 21.9 Å². The number of aromatic hydroxyl groups is 2. The van der Waals surface area contributed by atoms with E-state index in [9.17, 15) is 15.3 Å². The highest BCUT2D eigenvalue weighted by molar-refractivity contribution is 5.51. The van der Waals surface area contributed by atoms with Gasteiger partial charge in [-0.2, -0.15) is 0 Å². The highest BCUT2D eigenvalue weighted by atomic mass is 16.3. The van der Waals surface area contributed by atoms with Gasteiger partial charge < -0.3 is 15.3 Å². The van der Waals surface area contributed by atoms with Crippen LogP contribution < -0.4 is 0 Å². The molecule has 6 rings (SSSR count). The summed E-state index contributed by atoms with van der Waals surface area (Å²) in [7, 11) is 0. The third kappa shape index (κ3) is 3.28. The van der Waals surface area contributed by atoms with Crippen molar-refractivity contribution in [2.75, 3.05) is 6.61 Å². The van der Waals surface area contributed by atoms with Gasteiger partial charge in [-0.05, 0) is 122 Å². The Balaban J connectivity index is 1.50. The first-order valence-corrected chi connectivity index (χ1v) is 12.1. The highest BCUT2D eigenvalue weighted by Gasteiger charge is 2.52. The fraction of sp³-hybridized carbons (Fsp3) is 0.769. The molecule has 0 aliphatic heterocycles. The van der Waals surface area contributed by atoms with Crippen molar-refractivity contribution >= 4 is 0 Å². The Morgan fingerprint density at radius 1 is 0.897 bits per heavy atom. The minimum atomic E-state index is 0.131. The van der Waals surface area contributed by atoms with Crippen LogP contribution in [0.25, 0.3) is 0 Å². The molecule has 1 aromatic carbocycles. The maximum absolute atomic E-state index is 11.2. The van der Waals surface area contributed by atoms with Gasteiger partial charge in [0.1, 0.15) is 11.5 Å². The van der Waals surface area contributed by atoms with Crippen LogP contribution in [0.2, 0.25) is 0 Å². The van der Waals surface area contributed by atoms with Crippen LogP contribution in [0, 0.1) is 35.5 Å². The zero-order valence-electron chi connectivity index (χ0n) is 18.1. The number of aliphatic hydroxyl groups is 1. The molecule has 0 saturated heterocycles. The van der Waals surface area contributed by atoms with Crippen LogP contribution in [-0.2, 0) is 5.41 Å². The molecular weight excluding hydrogens is 360 g/mol. The molecule has 0 radical (unpaired) electrons. The SMILES string of the molecule is CC(C)C1CCC(CO)CC1c1c(O)cc(C23CC4CC(CC(C4)C2)C3)cc1O. The molecule has 3 N–H and O–H groups in total. The zero-order valence-corrected chi connectivity index (χ0v) is 18.1. The maximum atomic E-state index is 11.2. The average Bonchev–Trinajstić information content (AvgIpc) is 2.66. The van der Waals surface area contributed by atoms with Crippen molar-refractivity contribution in [1.82, 2.24) is 0 Å². The Morgan fingerprint density at radius 2 is 1.45 bits per heavy atom. The Bertz CT molecular complexity index is 709. The molecule has 3 atom stereocenters. The lowest BCUT2D eigenvalue weighted by molar-refractivity contribution is -0.00539. The number of hydrogen-bond donors (Lipinski definition) is 3. The van der Waals surface area contributed by atoms with Crippen LogP contribution in [0.1, 0.15) is 88.7 Å². The minimum absolute atomic E-state index is 0.131. The molecule has 3 nitrogen and oxygen atoms in total. The van der Waals surface area contributed by atoms with Gasteiger partial charge in [-0.15, -0.1) is 0 Å². The van der Waals surface area contributed by atoms with E-state index in [0.29, 0.717) is 23.3 Å². The third-order valence-corrected chi connectivity index (χ3v) is 9.28. The van der Waals surface area contributed by atoms with Crippen molar-refractivity contribution < 1.29 is 15.3 Å². The summed E-state index contributed by atoms with van der Waals surface area (Å²) in [4.78, 5) is 0. The van der Waals surface area contributed by atoms with Gasteiger partial charge in [-0.3, -0.25) is 0 Å². The van der Waals surface area contributed by atoms with Crippen molar-refractivity contribution in [3.05, 3.63) is 23.3 Å². The number of phenols is 2. The molecule has 5 aliphatic rings. The minimum Gasteiger partial charge on any atom is -0.508 e. The van der Waals surface area contributed by atoms with Crippen molar-refractivity contribution in [2.45, 2.75) is 83.0 Å². The Labute approximate surface area is 175 Å². The van der Waals surface area contributed by atoms with E-state index in [2.05, 4.69) is 13.8 Å². The number of benzene rings is 1. The normalized spacial score (nSPS) is 41.2. The fourth-order valence-electron chi connectivity index (χ4n) is 8.35. The quantitative estimate of drug-likeness (QED) is 0.608. The van der Waals surface area contributed by atoms with Gasteiger partial charge in [-0.25, -0.2) is 0 Å². The zero-order chi connectivity index (χ0) is 20.3. The van der Waals surface area contributed by atoms with Crippen LogP contribution >= 0.6 is 0 Å². The lowest BCUT2D eigenvalue weighted by Crippen LogP contribution is -2.48. The molecule has 0 amide bonds. The Kier molecular flexibility index (Phi) is 4.89. The van der Waals surface area contributed by atoms with Gasteiger partial charge in [-0.1, -0.05) is 13.8 Å². The summed E-state index contributed by atoms with van der Waals surface area (Å²) in [6.07, 6.45) is 10.9. The summed E-state index contributed by atoms with van der Waals surface area (Å²) >= 11 is 0. The van der Waals surface area contributed by atoms with Crippen LogP contribution in [0.15, 0.2) is 12.1 Å². The van der Waals surface area contributed by atoms with E-state index in [0.717, 1.165) is 42.6 Å². The number of aliphatic hydroxyl groups excluding tert-OH is 1. The first kappa shape index (κ1) is 19.7. The second-order valence-electron chi connectivity index (χ2n) is 11.5. The predicted octanol–water partition coefficient (Wildman–Crippen LogP) is 5.71. The van der Waals surface area contributed by atoms with Gasteiger partial charge in [0.25, 0.3) is 0 Å². The van der Waals surface area contributed by atoms with Crippen LogP contribution in [0.4, 0.5) is 0 Å². The van der Waals surface area contributed by atoms with Gasteiger partial charge >= 0.3 is 0 Å². The molecule has 4 bridgehead atoms. The van der Waals surface area contributed by atoms with Gasteiger partial charge in [0.2, 0.25) is 0 Å². The first-order chi connectivity index (χ1) is 13.9. The van der Waals surface area contributed by atoms with E-state index in [4.69, 9.17) is 0 Å². The summed E-state index contributed by atoms with van der Waals surface area (Å²) in [5, 5.41) is 32.1. The molecule has 0 aromatic heterocycles. The van der Waals surface area contributed by atoms with Crippen molar-refractivity contribution in [1.29, 1.82) is 0 Å². The van der Waals surface area contributed by atoms with Crippen molar-refractivity contribution in [3.8, 4) is 11.5 Å². The van der Waals surface area contributed by atoms with Crippen LogP contribution in [0.5, 0.6) is 11.5 Å². The van der Waals surface area contributed by atoms with Gasteiger partial charge in [0.05, 0.1) is 0 Å². The van der Waals surface area contributed by atoms with Crippen molar-refractivity contribution in [3.63, 3.8) is 0 Å². The monoisotopic (exact) mass is 398 g/mol. The molecule has 5 aliphatic carbocycles. The smallest absolute Gasteiger partial charge is 0.123 e. The molecule has 5 fully saturated rings. The molecular formula is C26H38O3. The fourth-order valence-corrected chi connectivity index (χ4v) is 8.35. The summed E-state index contributed by atoms with van der Waals surface area (Å²) in [5.74, 6) is 4.48.